The molecule has 28 heavy (non-hydrogen) atoms. The van der Waals surface area contributed by atoms with Gasteiger partial charge in [-0.2, -0.15) is 0 Å². The third kappa shape index (κ3) is 5.09. The van der Waals surface area contributed by atoms with E-state index >= 15 is 0 Å². The highest BCUT2D eigenvalue weighted by molar-refractivity contribution is 7.10. The number of benzene rings is 2. The van der Waals surface area contributed by atoms with Gasteiger partial charge >= 0.3 is 0 Å². The fourth-order valence-corrected chi connectivity index (χ4v) is 3.27. The van der Waals surface area contributed by atoms with Crippen LogP contribution in [0.5, 0.6) is 0 Å². The van der Waals surface area contributed by atoms with Gasteiger partial charge in [0.2, 0.25) is 0 Å². The van der Waals surface area contributed by atoms with Crippen molar-refractivity contribution in [2.24, 2.45) is 0 Å². The van der Waals surface area contributed by atoms with Gasteiger partial charge in [-0.05, 0) is 78.9 Å². The number of hydrogen-bond acceptors (Lipinski definition) is 3. The Morgan fingerprint density at radius 1 is 1.00 bits per heavy atom. The van der Waals surface area contributed by atoms with Gasteiger partial charge in [0, 0.05) is 21.2 Å². The Bertz CT molecular complexity index is 1030. The highest BCUT2D eigenvalue weighted by atomic mass is 35.5. The zero-order valence-electron chi connectivity index (χ0n) is 15.5. The molecule has 142 valence electrons. The summed E-state index contributed by atoms with van der Waals surface area (Å²) in [6, 6.07) is 16.0. The minimum Gasteiger partial charge on any atom is -0.321 e. The van der Waals surface area contributed by atoms with Crippen LogP contribution in [0.1, 0.15) is 26.4 Å². The predicted octanol–water partition coefficient (Wildman–Crippen LogP) is 5.43. The summed E-state index contributed by atoms with van der Waals surface area (Å²) in [5.41, 5.74) is 3.38. The van der Waals surface area contributed by atoms with Gasteiger partial charge in [0.25, 0.3) is 11.8 Å². The molecule has 0 bridgehead atoms. The Balaban J connectivity index is 1.84. The van der Waals surface area contributed by atoms with Crippen LogP contribution in [-0.2, 0) is 4.79 Å². The quantitative estimate of drug-likeness (QED) is 0.551. The van der Waals surface area contributed by atoms with Crippen molar-refractivity contribution in [1.82, 2.24) is 5.32 Å². The molecule has 0 aliphatic carbocycles. The molecule has 2 amide bonds. The summed E-state index contributed by atoms with van der Waals surface area (Å²) in [5.74, 6) is -0.745. The maximum absolute atomic E-state index is 12.8. The SMILES string of the molecule is Cc1ccc(C(=O)N/C(=C\c2cccs2)C(=O)Nc2ccc(Cl)cc2)cc1C. The lowest BCUT2D eigenvalue weighted by atomic mass is 10.1. The molecule has 3 aromatic rings. The van der Waals surface area contributed by atoms with Crippen LogP contribution < -0.4 is 10.6 Å². The van der Waals surface area contributed by atoms with Crippen molar-refractivity contribution in [3.8, 4) is 0 Å². The second-order valence-electron chi connectivity index (χ2n) is 6.29. The average Bonchev–Trinajstić information content (AvgIpc) is 3.18. The molecule has 4 nitrogen and oxygen atoms in total. The Kier molecular flexibility index (Phi) is 6.29. The molecule has 0 aliphatic heterocycles. The first-order chi connectivity index (χ1) is 13.4. The van der Waals surface area contributed by atoms with Gasteiger partial charge in [-0.25, -0.2) is 0 Å². The molecular weight excluding hydrogens is 392 g/mol. The number of hydrogen-bond donors (Lipinski definition) is 2. The summed E-state index contributed by atoms with van der Waals surface area (Å²) in [6.45, 7) is 3.93. The molecule has 0 unspecified atom stereocenters. The van der Waals surface area contributed by atoms with Gasteiger partial charge in [0.05, 0.1) is 0 Å². The number of carbonyl (C=O) groups excluding carboxylic acids is 2. The van der Waals surface area contributed by atoms with Crippen LogP contribution in [-0.4, -0.2) is 11.8 Å². The largest absolute Gasteiger partial charge is 0.321 e. The molecule has 0 fully saturated rings. The van der Waals surface area contributed by atoms with Crippen LogP contribution in [0.25, 0.3) is 6.08 Å². The lowest BCUT2D eigenvalue weighted by Gasteiger charge is -2.12. The van der Waals surface area contributed by atoms with E-state index in [4.69, 9.17) is 11.6 Å². The number of nitrogens with one attached hydrogen (secondary N) is 2. The molecule has 0 saturated heterocycles. The normalized spacial score (nSPS) is 11.2. The molecule has 0 aliphatic rings. The van der Waals surface area contributed by atoms with Gasteiger partial charge in [-0.15, -0.1) is 11.3 Å². The highest BCUT2D eigenvalue weighted by Crippen LogP contribution is 2.17. The lowest BCUT2D eigenvalue weighted by molar-refractivity contribution is -0.113. The molecule has 6 heteroatoms. The van der Waals surface area contributed by atoms with Crippen LogP contribution in [0.4, 0.5) is 5.69 Å². The standard InChI is InChI=1S/C22H19ClN2O2S/c1-14-5-6-16(12-15(14)2)21(26)25-20(13-19-4-3-11-28-19)22(27)24-18-9-7-17(23)8-10-18/h3-13H,1-2H3,(H,24,27)(H,25,26)/b20-13-. The van der Waals surface area contributed by atoms with Gasteiger partial charge in [0.1, 0.15) is 5.70 Å². The second-order valence-corrected chi connectivity index (χ2v) is 7.70. The van der Waals surface area contributed by atoms with Crippen LogP contribution in [0.3, 0.4) is 0 Å². The van der Waals surface area contributed by atoms with Crippen molar-refractivity contribution >= 4 is 46.5 Å². The number of carbonyl (C=O) groups is 2. The smallest absolute Gasteiger partial charge is 0.272 e. The van der Waals surface area contributed by atoms with E-state index in [2.05, 4.69) is 10.6 Å². The fourth-order valence-electron chi connectivity index (χ4n) is 2.48. The summed E-state index contributed by atoms with van der Waals surface area (Å²) < 4.78 is 0. The number of amides is 2. The summed E-state index contributed by atoms with van der Waals surface area (Å²) >= 11 is 7.37. The van der Waals surface area contributed by atoms with E-state index in [-0.39, 0.29) is 11.6 Å². The van der Waals surface area contributed by atoms with Crippen LogP contribution in [0.15, 0.2) is 65.7 Å². The number of anilines is 1. The van der Waals surface area contributed by atoms with Crippen molar-refractivity contribution in [2.45, 2.75) is 13.8 Å². The van der Waals surface area contributed by atoms with E-state index in [1.165, 1.54) is 11.3 Å². The van der Waals surface area contributed by atoms with Gasteiger partial charge in [-0.3, -0.25) is 9.59 Å². The number of rotatable bonds is 5. The van der Waals surface area contributed by atoms with E-state index in [1.54, 1.807) is 36.4 Å². The number of thiophene rings is 1. The van der Waals surface area contributed by atoms with Crippen molar-refractivity contribution in [2.75, 3.05) is 5.32 Å². The molecule has 1 heterocycles. The monoisotopic (exact) mass is 410 g/mol. The topological polar surface area (TPSA) is 58.2 Å². The Morgan fingerprint density at radius 2 is 1.75 bits per heavy atom. The molecular formula is C22H19ClN2O2S. The molecule has 1 aromatic heterocycles. The number of aryl methyl sites for hydroxylation is 2. The second kappa shape index (κ2) is 8.87. The maximum atomic E-state index is 12.8. The summed E-state index contributed by atoms with van der Waals surface area (Å²) in [4.78, 5) is 26.4. The van der Waals surface area contributed by atoms with Crippen molar-refractivity contribution < 1.29 is 9.59 Å². The van der Waals surface area contributed by atoms with Gasteiger partial charge in [-0.1, -0.05) is 23.7 Å². The summed E-state index contributed by atoms with van der Waals surface area (Å²) in [5, 5.41) is 8.01. The van der Waals surface area contributed by atoms with E-state index in [0.717, 1.165) is 16.0 Å². The predicted molar refractivity (Wildman–Crippen MR) is 116 cm³/mol. The zero-order valence-corrected chi connectivity index (χ0v) is 17.0. The van der Waals surface area contributed by atoms with Crippen LogP contribution >= 0.6 is 22.9 Å². The first kappa shape index (κ1) is 19.9. The van der Waals surface area contributed by atoms with E-state index < -0.39 is 5.91 Å². The minimum atomic E-state index is -0.409. The molecule has 0 saturated carbocycles. The van der Waals surface area contributed by atoms with E-state index in [0.29, 0.717) is 16.3 Å². The van der Waals surface area contributed by atoms with Gasteiger partial charge < -0.3 is 10.6 Å². The third-order valence-corrected chi connectivity index (χ3v) is 5.27. The molecule has 2 aromatic carbocycles. The van der Waals surface area contributed by atoms with Crippen molar-refractivity contribution in [1.29, 1.82) is 0 Å². The number of halogens is 1. The minimum absolute atomic E-state index is 0.167. The Morgan fingerprint density at radius 3 is 2.39 bits per heavy atom. The summed E-state index contributed by atoms with van der Waals surface area (Å²) in [7, 11) is 0. The molecule has 3 rings (SSSR count). The molecule has 0 spiro atoms. The summed E-state index contributed by atoms with van der Waals surface area (Å²) in [6.07, 6.45) is 1.66. The maximum Gasteiger partial charge on any atom is 0.272 e. The Labute approximate surface area is 172 Å². The molecule has 0 radical (unpaired) electrons. The van der Waals surface area contributed by atoms with Crippen molar-refractivity contribution in [3.63, 3.8) is 0 Å². The van der Waals surface area contributed by atoms with E-state index in [1.807, 2.05) is 43.5 Å². The van der Waals surface area contributed by atoms with E-state index in [9.17, 15) is 9.59 Å². The van der Waals surface area contributed by atoms with Crippen LogP contribution in [0, 0.1) is 13.8 Å². The zero-order chi connectivity index (χ0) is 20.1. The fraction of sp³-hybridized carbons (Fsp3) is 0.0909. The molecule has 2 N–H and O–H groups in total. The first-order valence-corrected chi connectivity index (χ1v) is 9.89. The lowest BCUT2D eigenvalue weighted by Crippen LogP contribution is -2.30. The average molecular weight is 411 g/mol. The third-order valence-electron chi connectivity index (χ3n) is 4.19. The van der Waals surface area contributed by atoms with Gasteiger partial charge in [0.15, 0.2) is 0 Å². The highest BCUT2D eigenvalue weighted by Gasteiger charge is 2.16. The molecule has 0 atom stereocenters. The van der Waals surface area contributed by atoms with Crippen LogP contribution in [0.2, 0.25) is 5.02 Å². The Hall–Kier alpha value is -2.89. The first-order valence-electron chi connectivity index (χ1n) is 8.63. The van der Waals surface area contributed by atoms with Crippen molar-refractivity contribution in [3.05, 3.63) is 92.3 Å².